The van der Waals surface area contributed by atoms with Gasteiger partial charge < -0.3 is 19.7 Å². The van der Waals surface area contributed by atoms with Gasteiger partial charge in [-0.2, -0.15) is 0 Å². The lowest BCUT2D eigenvalue weighted by atomic mass is 10.2. The standard InChI is InChI=1S/C15H25ClN2O2/c1-5-18(6-2)8-7-17-11-12-9-13(16)15(20-4)14(10-12)19-3/h9-10,17H,5-8,11H2,1-4H3. The van der Waals surface area contributed by atoms with Gasteiger partial charge in [-0.15, -0.1) is 0 Å². The Kier molecular flexibility index (Phi) is 7.73. The number of hydrogen-bond acceptors (Lipinski definition) is 4. The van der Waals surface area contributed by atoms with Gasteiger partial charge in [-0.25, -0.2) is 0 Å². The van der Waals surface area contributed by atoms with Crippen LogP contribution in [0.3, 0.4) is 0 Å². The van der Waals surface area contributed by atoms with E-state index in [2.05, 4.69) is 24.1 Å². The third-order valence-electron chi connectivity index (χ3n) is 3.32. The summed E-state index contributed by atoms with van der Waals surface area (Å²) in [7, 11) is 3.21. The maximum Gasteiger partial charge on any atom is 0.179 e. The van der Waals surface area contributed by atoms with Gasteiger partial charge in [-0.3, -0.25) is 0 Å². The molecule has 0 radical (unpaired) electrons. The van der Waals surface area contributed by atoms with Gasteiger partial charge in [0.2, 0.25) is 0 Å². The number of hydrogen-bond donors (Lipinski definition) is 1. The highest BCUT2D eigenvalue weighted by atomic mass is 35.5. The first-order chi connectivity index (χ1) is 9.65. The quantitative estimate of drug-likeness (QED) is 0.711. The Labute approximate surface area is 127 Å². The fraction of sp³-hybridized carbons (Fsp3) is 0.600. The van der Waals surface area contributed by atoms with E-state index in [-0.39, 0.29) is 0 Å². The summed E-state index contributed by atoms with van der Waals surface area (Å²) in [5.41, 5.74) is 1.09. The molecular formula is C15H25ClN2O2. The lowest BCUT2D eigenvalue weighted by Gasteiger charge is -2.18. The van der Waals surface area contributed by atoms with Crippen molar-refractivity contribution >= 4 is 11.6 Å². The minimum atomic E-state index is 0.576. The summed E-state index contributed by atoms with van der Waals surface area (Å²) in [6.07, 6.45) is 0. The zero-order valence-electron chi connectivity index (χ0n) is 12.8. The van der Waals surface area contributed by atoms with Crippen LogP contribution in [0.25, 0.3) is 0 Å². The van der Waals surface area contributed by atoms with Gasteiger partial charge in [0.1, 0.15) is 0 Å². The molecule has 0 aliphatic heterocycles. The van der Waals surface area contributed by atoms with Crippen LogP contribution in [0.4, 0.5) is 0 Å². The number of benzene rings is 1. The van der Waals surface area contributed by atoms with Crippen molar-refractivity contribution in [2.45, 2.75) is 20.4 Å². The lowest BCUT2D eigenvalue weighted by molar-refractivity contribution is 0.302. The van der Waals surface area contributed by atoms with Gasteiger partial charge in [0.15, 0.2) is 11.5 Å². The molecule has 0 aromatic heterocycles. The van der Waals surface area contributed by atoms with E-state index in [0.29, 0.717) is 16.5 Å². The molecule has 0 fully saturated rings. The van der Waals surface area contributed by atoms with Gasteiger partial charge in [-0.1, -0.05) is 25.4 Å². The Morgan fingerprint density at radius 2 is 1.85 bits per heavy atom. The highest BCUT2D eigenvalue weighted by Crippen LogP contribution is 2.35. The number of halogens is 1. The number of nitrogens with one attached hydrogen (secondary N) is 1. The number of likely N-dealkylation sites (N-methyl/N-ethyl adjacent to an activating group) is 1. The van der Waals surface area contributed by atoms with Crippen molar-refractivity contribution in [1.29, 1.82) is 0 Å². The molecule has 20 heavy (non-hydrogen) atoms. The second kappa shape index (κ2) is 9.06. The Bertz CT molecular complexity index is 409. The third-order valence-corrected chi connectivity index (χ3v) is 3.60. The summed E-state index contributed by atoms with van der Waals surface area (Å²) < 4.78 is 10.5. The summed E-state index contributed by atoms with van der Waals surface area (Å²) in [6.45, 7) is 9.29. The van der Waals surface area contributed by atoms with Crippen LogP contribution in [0.2, 0.25) is 5.02 Å². The summed E-state index contributed by atoms with van der Waals surface area (Å²) >= 11 is 6.18. The molecule has 5 heteroatoms. The van der Waals surface area contributed by atoms with E-state index in [4.69, 9.17) is 21.1 Å². The molecule has 114 valence electrons. The lowest BCUT2D eigenvalue weighted by Crippen LogP contribution is -2.31. The van der Waals surface area contributed by atoms with Crippen LogP contribution >= 0.6 is 11.6 Å². The van der Waals surface area contributed by atoms with E-state index in [1.807, 2.05) is 12.1 Å². The smallest absolute Gasteiger partial charge is 0.179 e. The predicted molar refractivity (Wildman–Crippen MR) is 84.1 cm³/mol. The van der Waals surface area contributed by atoms with Gasteiger partial charge in [-0.05, 0) is 30.8 Å². The van der Waals surface area contributed by atoms with E-state index in [0.717, 1.165) is 38.3 Å². The molecule has 0 saturated heterocycles. The van der Waals surface area contributed by atoms with Crippen LogP contribution < -0.4 is 14.8 Å². The molecule has 1 aromatic carbocycles. The Hall–Kier alpha value is -0.970. The average Bonchev–Trinajstić information content (AvgIpc) is 2.46. The summed E-state index contributed by atoms with van der Waals surface area (Å²) in [5, 5.41) is 4.00. The van der Waals surface area contributed by atoms with Gasteiger partial charge in [0.05, 0.1) is 19.2 Å². The molecule has 0 saturated carbocycles. The van der Waals surface area contributed by atoms with Crippen molar-refractivity contribution in [3.63, 3.8) is 0 Å². The molecule has 0 aliphatic rings. The second-order valence-electron chi connectivity index (χ2n) is 4.52. The molecule has 0 unspecified atom stereocenters. The largest absolute Gasteiger partial charge is 0.493 e. The number of rotatable bonds is 9. The van der Waals surface area contributed by atoms with Crippen LogP contribution in [-0.2, 0) is 6.54 Å². The molecular weight excluding hydrogens is 276 g/mol. The zero-order valence-corrected chi connectivity index (χ0v) is 13.6. The average molecular weight is 301 g/mol. The van der Waals surface area contributed by atoms with E-state index in [1.54, 1.807) is 14.2 Å². The first-order valence-corrected chi connectivity index (χ1v) is 7.37. The van der Waals surface area contributed by atoms with Gasteiger partial charge in [0, 0.05) is 19.6 Å². The molecule has 0 aliphatic carbocycles. The van der Waals surface area contributed by atoms with E-state index in [1.165, 1.54) is 0 Å². The topological polar surface area (TPSA) is 33.7 Å². The van der Waals surface area contributed by atoms with Crippen LogP contribution in [0.1, 0.15) is 19.4 Å². The van der Waals surface area contributed by atoms with Crippen molar-refractivity contribution < 1.29 is 9.47 Å². The molecule has 0 amide bonds. The van der Waals surface area contributed by atoms with Gasteiger partial charge in [0.25, 0.3) is 0 Å². The number of nitrogens with zero attached hydrogens (tertiary/aromatic N) is 1. The van der Waals surface area contributed by atoms with Crippen molar-refractivity contribution in [3.8, 4) is 11.5 Å². The van der Waals surface area contributed by atoms with Crippen LogP contribution in [0.5, 0.6) is 11.5 Å². The van der Waals surface area contributed by atoms with Crippen molar-refractivity contribution in [2.24, 2.45) is 0 Å². The molecule has 0 atom stereocenters. The molecule has 1 rings (SSSR count). The minimum absolute atomic E-state index is 0.576. The Balaban J connectivity index is 2.54. The summed E-state index contributed by atoms with van der Waals surface area (Å²) in [4.78, 5) is 2.38. The predicted octanol–water partition coefficient (Wildman–Crippen LogP) is 2.79. The van der Waals surface area contributed by atoms with E-state index < -0.39 is 0 Å². The molecule has 0 spiro atoms. The minimum Gasteiger partial charge on any atom is -0.493 e. The maximum absolute atomic E-state index is 6.18. The first kappa shape index (κ1) is 17.1. The Morgan fingerprint density at radius 3 is 2.40 bits per heavy atom. The van der Waals surface area contributed by atoms with E-state index >= 15 is 0 Å². The first-order valence-electron chi connectivity index (χ1n) is 6.99. The normalized spacial score (nSPS) is 10.9. The van der Waals surface area contributed by atoms with Crippen molar-refractivity contribution in [1.82, 2.24) is 10.2 Å². The van der Waals surface area contributed by atoms with Crippen molar-refractivity contribution in [2.75, 3.05) is 40.4 Å². The fourth-order valence-electron chi connectivity index (χ4n) is 2.08. The highest BCUT2D eigenvalue weighted by molar-refractivity contribution is 6.32. The zero-order chi connectivity index (χ0) is 15.0. The molecule has 1 aromatic rings. The summed E-state index contributed by atoms with van der Waals surface area (Å²) in [6, 6.07) is 3.86. The van der Waals surface area contributed by atoms with Crippen LogP contribution in [-0.4, -0.2) is 45.3 Å². The van der Waals surface area contributed by atoms with Gasteiger partial charge >= 0.3 is 0 Å². The molecule has 4 nitrogen and oxygen atoms in total. The van der Waals surface area contributed by atoms with Crippen LogP contribution in [0.15, 0.2) is 12.1 Å². The maximum atomic E-state index is 6.18. The molecule has 0 heterocycles. The summed E-state index contributed by atoms with van der Waals surface area (Å²) in [5.74, 6) is 1.25. The number of methoxy groups -OCH3 is 2. The number of ether oxygens (including phenoxy) is 2. The second-order valence-corrected chi connectivity index (χ2v) is 4.92. The van der Waals surface area contributed by atoms with Crippen molar-refractivity contribution in [3.05, 3.63) is 22.7 Å². The fourth-order valence-corrected chi connectivity index (χ4v) is 2.39. The Morgan fingerprint density at radius 1 is 1.15 bits per heavy atom. The molecule has 1 N–H and O–H groups in total. The SMILES string of the molecule is CCN(CC)CCNCc1cc(Cl)c(OC)c(OC)c1. The third kappa shape index (κ3) is 4.85. The monoisotopic (exact) mass is 300 g/mol. The highest BCUT2D eigenvalue weighted by Gasteiger charge is 2.10. The van der Waals surface area contributed by atoms with E-state index in [9.17, 15) is 0 Å². The van der Waals surface area contributed by atoms with Crippen LogP contribution in [0, 0.1) is 0 Å². The molecule has 0 bridgehead atoms.